The van der Waals surface area contributed by atoms with Gasteiger partial charge in [-0.3, -0.25) is 4.90 Å². The van der Waals surface area contributed by atoms with Crippen molar-refractivity contribution in [3.8, 4) is 0 Å². The molecular weight excluding hydrogens is 402 g/mol. The lowest BCUT2D eigenvalue weighted by atomic mass is 9.98. The summed E-state index contributed by atoms with van der Waals surface area (Å²) < 4.78 is 5.47. The molecule has 2 aromatic rings. The summed E-state index contributed by atoms with van der Waals surface area (Å²) in [5.74, 6) is 2.50. The minimum absolute atomic E-state index is 0.403. The molecule has 6 rings (SSSR count). The Labute approximate surface area is 190 Å². The van der Waals surface area contributed by atoms with Crippen LogP contribution < -0.4 is 9.80 Å². The Balaban J connectivity index is 1.20. The molecule has 0 radical (unpaired) electrons. The molecule has 0 amide bonds. The number of morpholine rings is 1. The molecule has 6 heterocycles. The lowest BCUT2D eigenvalue weighted by molar-refractivity contribution is 0.122. The number of hydrogen-bond acceptors (Lipinski definition) is 8. The number of rotatable bonds is 4. The van der Waals surface area contributed by atoms with Crippen molar-refractivity contribution in [1.29, 1.82) is 0 Å². The number of piperidine rings is 1. The van der Waals surface area contributed by atoms with E-state index in [1.807, 2.05) is 6.20 Å². The Morgan fingerprint density at radius 2 is 1.88 bits per heavy atom. The Kier molecular flexibility index (Phi) is 5.43. The maximum Gasteiger partial charge on any atom is 0.225 e. The zero-order chi connectivity index (χ0) is 21.5. The summed E-state index contributed by atoms with van der Waals surface area (Å²) in [6.45, 7) is 8.58. The van der Waals surface area contributed by atoms with Gasteiger partial charge in [0.15, 0.2) is 0 Å². The van der Waals surface area contributed by atoms with E-state index >= 15 is 0 Å². The van der Waals surface area contributed by atoms with Crippen LogP contribution in [0.4, 0.5) is 11.9 Å². The highest BCUT2D eigenvalue weighted by Crippen LogP contribution is 2.44. The van der Waals surface area contributed by atoms with Gasteiger partial charge >= 0.3 is 0 Å². The molecule has 32 heavy (non-hydrogen) atoms. The van der Waals surface area contributed by atoms with Crippen LogP contribution in [0.2, 0.25) is 0 Å². The highest BCUT2D eigenvalue weighted by atomic mass is 16.5. The number of hydrogen-bond donors (Lipinski definition) is 0. The normalized spacial score (nSPS) is 28.1. The van der Waals surface area contributed by atoms with Gasteiger partial charge in [-0.1, -0.05) is 6.92 Å². The quantitative estimate of drug-likeness (QED) is 0.726. The molecular formula is C24H33N7O. The topological polar surface area (TPSA) is 70.5 Å². The largest absolute Gasteiger partial charge is 0.378 e. The second kappa shape index (κ2) is 8.56. The number of ether oxygens (including phenoxy) is 1. The van der Waals surface area contributed by atoms with Gasteiger partial charge in [0.25, 0.3) is 0 Å². The molecule has 4 aliphatic heterocycles. The van der Waals surface area contributed by atoms with Crippen molar-refractivity contribution < 1.29 is 4.74 Å². The van der Waals surface area contributed by atoms with Crippen LogP contribution in [0.3, 0.4) is 0 Å². The van der Waals surface area contributed by atoms with Crippen molar-refractivity contribution in [2.75, 3.05) is 49.2 Å². The van der Waals surface area contributed by atoms with E-state index in [9.17, 15) is 0 Å². The van der Waals surface area contributed by atoms with Gasteiger partial charge in [0, 0.05) is 69.2 Å². The Morgan fingerprint density at radius 1 is 1.00 bits per heavy atom. The van der Waals surface area contributed by atoms with E-state index in [4.69, 9.17) is 19.7 Å². The molecule has 0 saturated carbocycles. The van der Waals surface area contributed by atoms with Gasteiger partial charge in [0.2, 0.25) is 11.9 Å². The Hall–Kier alpha value is -2.32. The molecule has 8 heteroatoms. The average Bonchev–Trinajstić information content (AvgIpc) is 3.10. The van der Waals surface area contributed by atoms with E-state index in [0.717, 1.165) is 75.9 Å². The summed E-state index contributed by atoms with van der Waals surface area (Å²) in [7, 11) is 0. The van der Waals surface area contributed by atoms with Crippen LogP contribution in [-0.4, -0.2) is 70.3 Å². The van der Waals surface area contributed by atoms with E-state index in [1.54, 1.807) is 0 Å². The van der Waals surface area contributed by atoms with Crippen LogP contribution in [0.1, 0.15) is 55.6 Å². The van der Waals surface area contributed by atoms with Crippen molar-refractivity contribution in [2.24, 2.45) is 5.92 Å². The van der Waals surface area contributed by atoms with Crippen molar-refractivity contribution in [1.82, 2.24) is 24.8 Å². The molecule has 170 valence electrons. The zero-order valence-electron chi connectivity index (χ0n) is 19.0. The van der Waals surface area contributed by atoms with E-state index in [2.05, 4.69) is 38.9 Å². The van der Waals surface area contributed by atoms with Gasteiger partial charge in [0.05, 0.1) is 24.6 Å². The summed E-state index contributed by atoms with van der Waals surface area (Å²) in [6.07, 6.45) is 10.0. The van der Waals surface area contributed by atoms with Crippen molar-refractivity contribution in [2.45, 2.75) is 57.7 Å². The third kappa shape index (κ3) is 3.83. The summed E-state index contributed by atoms with van der Waals surface area (Å²) >= 11 is 0. The molecule has 2 aromatic heterocycles. The van der Waals surface area contributed by atoms with E-state index in [0.29, 0.717) is 12.1 Å². The first-order chi connectivity index (χ1) is 15.7. The summed E-state index contributed by atoms with van der Waals surface area (Å²) in [5, 5.41) is 0. The molecule has 0 N–H and O–H groups in total. The predicted octanol–water partition coefficient (Wildman–Crippen LogP) is 2.60. The molecule has 2 bridgehead atoms. The molecule has 0 aliphatic carbocycles. The van der Waals surface area contributed by atoms with E-state index < -0.39 is 0 Å². The van der Waals surface area contributed by atoms with Gasteiger partial charge in [-0.05, 0) is 37.7 Å². The third-order valence-electron chi connectivity index (χ3n) is 7.60. The summed E-state index contributed by atoms with van der Waals surface area (Å²) in [5.41, 5.74) is 3.70. The third-order valence-corrected chi connectivity index (χ3v) is 7.60. The van der Waals surface area contributed by atoms with Gasteiger partial charge in [0.1, 0.15) is 0 Å². The van der Waals surface area contributed by atoms with Crippen molar-refractivity contribution in [3.63, 3.8) is 0 Å². The molecule has 4 aliphatic rings. The van der Waals surface area contributed by atoms with Crippen molar-refractivity contribution >= 4 is 11.9 Å². The van der Waals surface area contributed by atoms with E-state index in [-0.39, 0.29) is 0 Å². The number of fused-ring (bicyclic) bond motifs is 4. The highest BCUT2D eigenvalue weighted by Gasteiger charge is 2.41. The maximum atomic E-state index is 5.47. The Bertz CT molecular complexity index is 963. The lowest BCUT2D eigenvalue weighted by Crippen LogP contribution is -2.40. The molecule has 0 unspecified atom stereocenters. The minimum atomic E-state index is 0.403. The Morgan fingerprint density at radius 3 is 2.75 bits per heavy atom. The fourth-order valence-electron chi connectivity index (χ4n) is 5.91. The molecule has 3 atom stereocenters. The number of nitrogens with zero attached hydrogens (tertiary/aromatic N) is 7. The van der Waals surface area contributed by atoms with Crippen LogP contribution in [0.15, 0.2) is 18.5 Å². The molecule has 0 spiro atoms. The fourth-order valence-corrected chi connectivity index (χ4v) is 5.91. The minimum Gasteiger partial charge on any atom is -0.378 e. The molecule has 3 saturated heterocycles. The smallest absolute Gasteiger partial charge is 0.225 e. The molecule has 3 fully saturated rings. The zero-order valence-corrected chi connectivity index (χ0v) is 19.0. The van der Waals surface area contributed by atoms with Gasteiger partial charge < -0.3 is 14.5 Å². The van der Waals surface area contributed by atoms with Gasteiger partial charge in [-0.15, -0.1) is 0 Å². The second-order valence-corrected chi connectivity index (χ2v) is 9.84. The maximum absolute atomic E-state index is 5.47. The monoisotopic (exact) mass is 435 g/mol. The van der Waals surface area contributed by atoms with Crippen LogP contribution in [0.25, 0.3) is 0 Å². The first kappa shape index (κ1) is 20.3. The second-order valence-electron chi connectivity index (χ2n) is 9.84. The van der Waals surface area contributed by atoms with Crippen LogP contribution >= 0.6 is 0 Å². The average molecular weight is 436 g/mol. The number of anilines is 2. The van der Waals surface area contributed by atoms with E-state index in [1.165, 1.54) is 36.9 Å². The summed E-state index contributed by atoms with van der Waals surface area (Å²) in [6, 6.07) is 3.01. The van der Waals surface area contributed by atoms with Gasteiger partial charge in [-0.2, -0.15) is 0 Å². The SMILES string of the molecule is C[C@@H]1CCCN(c2ncc3c(n2)C[C@@H]2CC[C@@H]3N2Cc2ccnc(N3CCOCC3)n2)C1. The fraction of sp³-hybridized carbons (Fsp3) is 0.667. The first-order valence-electron chi connectivity index (χ1n) is 12.3. The van der Waals surface area contributed by atoms with Crippen LogP contribution in [-0.2, 0) is 17.7 Å². The molecule has 8 nitrogen and oxygen atoms in total. The standard InChI is InChI=1S/C24H33N7O/c1-17-3-2-8-30(15-17)24-26-14-20-21(28-24)13-19-4-5-22(20)31(19)16-18-6-7-25-23(27-18)29-9-11-32-12-10-29/h6-7,14,17,19,22H,2-5,8-13,15-16H2,1H3/t17-,19+,22+/m1/s1. The summed E-state index contributed by atoms with van der Waals surface area (Å²) in [4.78, 5) is 26.6. The lowest BCUT2D eigenvalue weighted by Gasteiger charge is -2.36. The van der Waals surface area contributed by atoms with Gasteiger partial charge in [-0.25, -0.2) is 19.9 Å². The number of aromatic nitrogens is 4. The first-order valence-corrected chi connectivity index (χ1v) is 12.3. The van der Waals surface area contributed by atoms with Crippen molar-refractivity contribution in [3.05, 3.63) is 35.4 Å². The van der Waals surface area contributed by atoms with Crippen LogP contribution in [0, 0.1) is 5.92 Å². The van der Waals surface area contributed by atoms with Crippen LogP contribution in [0.5, 0.6) is 0 Å². The predicted molar refractivity (Wildman–Crippen MR) is 123 cm³/mol. The highest BCUT2D eigenvalue weighted by molar-refractivity contribution is 5.38. The molecule has 0 aromatic carbocycles.